The summed E-state index contributed by atoms with van der Waals surface area (Å²) in [5.41, 5.74) is 4.86. The molecule has 1 aromatic rings. The molecule has 2 N–H and O–H groups in total. The van der Waals surface area contributed by atoms with Crippen molar-refractivity contribution in [3.05, 3.63) is 24.3 Å². The topological polar surface area (TPSA) is 68.3 Å². The first-order valence-corrected chi connectivity index (χ1v) is 5.63. The van der Waals surface area contributed by atoms with Gasteiger partial charge in [-0.3, -0.25) is 0 Å². The van der Waals surface area contributed by atoms with Gasteiger partial charge in [-0.15, -0.1) is 0 Å². The predicted octanol–water partition coefficient (Wildman–Crippen LogP) is 2.10. The van der Waals surface area contributed by atoms with E-state index in [0.29, 0.717) is 19.6 Å². The van der Waals surface area contributed by atoms with Crippen LogP contribution in [0.15, 0.2) is 24.3 Å². The summed E-state index contributed by atoms with van der Waals surface area (Å²) in [5.74, 6) is 1.51. The zero-order valence-electron chi connectivity index (χ0n) is 10.3. The third-order valence-corrected chi connectivity index (χ3v) is 2.26. The Bertz CT molecular complexity index is 397. The van der Waals surface area contributed by atoms with E-state index in [4.69, 9.17) is 20.5 Å². The van der Waals surface area contributed by atoms with E-state index in [1.165, 1.54) is 0 Å². The Balaban J connectivity index is 2.47. The lowest BCUT2D eigenvalue weighted by molar-refractivity contribution is 0.282. The van der Waals surface area contributed by atoms with E-state index in [0.717, 1.165) is 11.5 Å². The summed E-state index contributed by atoms with van der Waals surface area (Å²) in [6, 6.07) is 9.45. The fraction of sp³-hybridized carbons (Fsp3) is 0.462. The van der Waals surface area contributed by atoms with E-state index >= 15 is 0 Å². The van der Waals surface area contributed by atoms with Crippen molar-refractivity contribution in [1.29, 1.82) is 5.26 Å². The van der Waals surface area contributed by atoms with E-state index < -0.39 is 5.54 Å². The molecule has 4 heteroatoms. The lowest BCUT2D eigenvalue weighted by Crippen LogP contribution is -2.35. The van der Waals surface area contributed by atoms with Gasteiger partial charge in [0.25, 0.3) is 0 Å². The van der Waals surface area contributed by atoms with Crippen molar-refractivity contribution < 1.29 is 9.47 Å². The molecule has 1 unspecified atom stereocenters. The molecule has 0 fully saturated rings. The Morgan fingerprint density at radius 1 is 1.35 bits per heavy atom. The third kappa shape index (κ3) is 4.75. The summed E-state index contributed by atoms with van der Waals surface area (Å²) in [5, 5.41) is 8.75. The molecule has 0 radical (unpaired) electrons. The Morgan fingerprint density at radius 2 is 2.00 bits per heavy atom. The standard InChI is InChI=1S/C13H18N2O2/c1-3-16-11-5-4-6-12(9-11)17-8-7-13(2,15)10-14/h4-6,9H,3,7-8,15H2,1-2H3. The average molecular weight is 234 g/mol. The number of benzene rings is 1. The molecular formula is C13H18N2O2. The Labute approximate surface area is 102 Å². The van der Waals surface area contributed by atoms with Gasteiger partial charge in [-0.05, 0) is 26.0 Å². The number of ether oxygens (including phenoxy) is 2. The molecule has 0 aromatic heterocycles. The van der Waals surface area contributed by atoms with E-state index in [1.54, 1.807) is 6.92 Å². The van der Waals surface area contributed by atoms with Crippen molar-refractivity contribution in [3.63, 3.8) is 0 Å². The summed E-state index contributed by atoms with van der Waals surface area (Å²) >= 11 is 0. The lowest BCUT2D eigenvalue weighted by atomic mass is 10.0. The number of nitrogens with two attached hydrogens (primary N) is 1. The molecule has 1 atom stereocenters. The third-order valence-electron chi connectivity index (χ3n) is 2.26. The molecular weight excluding hydrogens is 216 g/mol. The van der Waals surface area contributed by atoms with Crippen molar-refractivity contribution in [2.45, 2.75) is 25.8 Å². The maximum atomic E-state index is 8.75. The first-order valence-electron chi connectivity index (χ1n) is 5.63. The largest absolute Gasteiger partial charge is 0.494 e. The zero-order chi connectivity index (χ0) is 12.7. The van der Waals surface area contributed by atoms with E-state index in [2.05, 4.69) is 0 Å². The number of hydrogen-bond acceptors (Lipinski definition) is 4. The molecule has 0 amide bonds. The first kappa shape index (κ1) is 13.3. The van der Waals surface area contributed by atoms with Gasteiger partial charge < -0.3 is 15.2 Å². The molecule has 1 rings (SSSR count). The molecule has 0 spiro atoms. The second kappa shape index (κ2) is 6.12. The van der Waals surface area contributed by atoms with Crippen molar-refractivity contribution >= 4 is 0 Å². The van der Waals surface area contributed by atoms with Crippen LogP contribution < -0.4 is 15.2 Å². The Morgan fingerprint density at radius 3 is 2.59 bits per heavy atom. The van der Waals surface area contributed by atoms with Gasteiger partial charge in [0.1, 0.15) is 17.0 Å². The van der Waals surface area contributed by atoms with Gasteiger partial charge >= 0.3 is 0 Å². The Kier molecular flexibility index (Phi) is 4.80. The van der Waals surface area contributed by atoms with E-state index in [-0.39, 0.29) is 0 Å². The second-order valence-corrected chi connectivity index (χ2v) is 4.04. The van der Waals surface area contributed by atoms with Gasteiger partial charge in [0.2, 0.25) is 0 Å². The maximum absolute atomic E-state index is 8.75. The minimum absolute atomic E-state index is 0.413. The van der Waals surface area contributed by atoms with E-state index in [1.807, 2.05) is 37.3 Å². The van der Waals surface area contributed by atoms with Crippen LogP contribution in [0.1, 0.15) is 20.3 Å². The molecule has 0 bridgehead atoms. The molecule has 0 saturated heterocycles. The summed E-state index contributed by atoms with van der Waals surface area (Å²) in [7, 11) is 0. The SMILES string of the molecule is CCOc1cccc(OCCC(C)(N)C#N)c1. The number of nitrogens with zero attached hydrogens (tertiary/aromatic N) is 1. The molecule has 17 heavy (non-hydrogen) atoms. The molecule has 0 heterocycles. The summed E-state index contributed by atoms with van der Waals surface area (Å²) in [6.07, 6.45) is 0.488. The van der Waals surface area contributed by atoms with Gasteiger partial charge in [0.05, 0.1) is 19.3 Å². The van der Waals surface area contributed by atoms with Crippen LogP contribution in [0.25, 0.3) is 0 Å². The summed E-state index contributed by atoms with van der Waals surface area (Å²) in [6.45, 7) is 4.65. The van der Waals surface area contributed by atoms with Crippen LogP contribution in [0.5, 0.6) is 11.5 Å². The second-order valence-electron chi connectivity index (χ2n) is 4.04. The van der Waals surface area contributed by atoms with Gasteiger partial charge in [0, 0.05) is 12.5 Å². The lowest BCUT2D eigenvalue weighted by Gasteiger charge is -2.15. The highest BCUT2D eigenvalue weighted by Crippen LogP contribution is 2.19. The average Bonchev–Trinajstić information content (AvgIpc) is 2.30. The number of rotatable bonds is 6. The van der Waals surface area contributed by atoms with Crippen LogP contribution in [0.2, 0.25) is 0 Å². The monoisotopic (exact) mass is 234 g/mol. The smallest absolute Gasteiger partial charge is 0.122 e. The first-order chi connectivity index (χ1) is 8.07. The molecule has 0 saturated carbocycles. The number of nitriles is 1. The van der Waals surface area contributed by atoms with Crippen molar-refractivity contribution in [2.24, 2.45) is 5.73 Å². The molecule has 0 aliphatic heterocycles. The van der Waals surface area contributed by atoms with Crippen LogP contribution in [0.4, 0.5) is 0 Å². The normalized spacial score (nSPS) is 13.5. The van der Waals surface area contributed by atoms with Crippen LogP contribution in [-0.2, 0) is 0 Å². The minimum Gasteiger partial charge on any atom is -0.494 e. The zero-order valence-corrected chi connectivity index (χ0v) is 10.3. The Hall–Kier alpha value is -1.73. The minimum atomic E-state index is -0.836. The summed E-state index contributed by atoms with van der Waals surface area (Å²) < 4.78 is 10.9. The van der Waals surface area contributed by atoms with Crippen molar-refractivity contribution in [3.8, 4) is 17.6 Å². The van der Waals surface area contributed by atoms with Crippen LogP contribution in [0.3, 0.4) is 0 Å². The summed E-state index contributed by atoms with van der Waals surface area (Å²) in [4.78, 5) is 0. The maximum Gasteiger partial charge on any atom is 0.122 e. The predicted molar refractivity (Wildman–Crippen MR) is 65.9 cm³/mol. The highest BCUT2D eigenvalue weighted by atomic mass is 16.5. The molecule has 92 valence electrons. The van der Waals surface area contributed by atoms with Gasteiger partial charge in [-0.1, -0.05) is 6.07 Å². The quantitative estimate of drug-likeness (QED) is 0.818. The van der Waals surface area contributed by atoms with Crippen molar-refractivity contribution in [2.75, 3.05) is 13.2 Å². The molecule has 0 aliphatic rings. The fourth-order valence-corrected chi connectivity index (χ4v) is 1.26. The van der Waals surface area contributed by atoms with Gasteiger partial charge in [-0.2, -0.15) is 5.26 Å². The van der Waals surface area contributed by atoms with Gasteiger partial charge in [-0.25, -0.2) is 0 Å². The van der Waals surface area contributed by atoms with Gasteiger partial charge in [0.15, 0.2) is 0 Å². The fourth-order valence-electron chi connectivity index (χ4n) is 1.26. The highest BCUT2D eigenvalue weighted by molar-refractivity contribution is 5.32. The van der Waals surface area contributed by atoms with Crippen LogP contribution >= 0.6 is 0 Å². The van der Waals surface area contributed by atoms with Crippen LogP contribution in [-0.4, -0.2) is 18.8 Å². The molecule has 0 aliphatic carbocycles. The van der Waals surface area contributed by atoms with Crippen LogP contribution in [0, 0.1) is 11.3 Å². The van der Waals surface area contributed by atoms with E-state index in [9.17, 15) is 0 Å². The molecule has 4 nitrogen and oxygen atoms in total. The molecule has 1 aromatic carbocycles. The number of hydrogen-bond donors (Lipinski definition) is 1. The highest BCUT2D eigenvalue weighted by Gasteiger charge is 2.16. The van der Waals surface area contributed by atoms with Crippen molar-refractivity contribution in [1.82, 2.24) is 0 Å².